The molecule has 1 N–H and O–H groups in total. The lowest BCUT2D eigenvalue weighted by Gasteiger charge is -2.35. The fourth-order valence-corrected chi connectivity index (χ4v) is 2.13. The molecule has 2 heterocycles. The minimum Gasteiger partial charge on any atom is -0.370 e. The number of nitrogens with zero attached hydrogens (tertiary/aromatic N) is 1. The third-order valence-corrected chi connectivity index (χ3v) is 2.87. The Bertz CT molecular complexity index is 112. The predicted octanol–water partition coefficient (Wildman–Crippen LogP) is -0.698. The van der Waals surface area contributed by atoms with Crippen molar-refractivity contribution in [1.29, 1.82) is 0 Å². The van der Waals surface area contributed by atoms with Gasteiger partial charge in [0, 0.05) is 13.1 Å². The Balaban J connectivity index is 1.80. The van der Waals surface area contributed by atoms with E-state index < -0.39 is 0 Å². The Hall–Kier alpha value is -0.120. The van der Waals surface area contributed by atoms with Crippen molar-refractivity contribution in [3.8, 4) is 0 Å². The minimum absolute atomic E-state index is 0.950. The summed E-state index contributed by atoms with van der Waals surface area (Å²) in [4.78, 5) is 0. The van der Waals surface area contributed by atoms with Gasteiger partial charge in [-0.3, -0.25) is 5.01 Å². The molecule has 2 fully saturated rings. The van der Waals surface area contributed by atoms with E-state index in [1.165, 1.54) is 45.4 Å². The maximum atomic E-state index is 5.34. The molecular weight excluding hydrogens is 152 g/mol. The zero-order chi connectivity index (χ0) is 8.23. The summed E-state index contributed by atoms with van der Waals surface area (Å²) in [6.07, 6.45) is 4.22. The summed E-state index contributed by atoms with van der Waals surface area (Å²) in [6, 6.07) is 0. The molecule has 12 heavy (non-hydrogen) atoms. The van der Waals surface area contributed by atoms with Crippen molar-refractivity contribution in [3.63, 3.8) is 0 Å². The highest BCUT2D eigenvalue weighted by Crippen LogP contribution is 2.03. The minimum atomic E-state index is 0.950. The molecule has 0 bridgehead atoms. The van der Waals surface area contributed by atoms with Crippen LogP contribution in [-0.2, 0) is 4.74 Å². The Kier molecular flexibility index (Phi) is 2.98. The molecule has 70 valence electrons. The quantitative estimate of drug-likeness (QED) is 0.562. The van der Waals surface area contributed by atoms with E-state index in [2.05, 4.69) is 5.01 Å². The van der Waals surface area contributed by atoms with Gasteiger partial charge >= 0.3 is 0 Å². The van der Waals surface area contributed by atoms with Gasteiger partial charge in [-0.15, -0.1) is 0 Å². The zero-order valence-corrected chi connectivity index (χ0v) is 7.72. The van der Waals surface area contributed by atoms with Crippen LogP contribution in [0, 0.1) is 0 Å². The molecule has 0 aromatic heterocycles. The Morgan fingerprint density at radius 3 is 2.25 bits per heavy atom. The second-order valence-electron chi connectivity index (χ2n) is 3.73. The van der Waals surface area contributed by atoms with Crippen molar-refractivity contribution >= 4 is 0 Å². The first kappa shape index (κ1) is 8.48. The fourth-order valence-electron chi connectivity index (χ4n) is 2.13. The lowest BCUT2D eigenvalue weighted by atomic mass is 10.2. The number of piperidine rings is 1. The van der Waals surface area contributed by atoms with Crippen molar-refractivity contribution in [1.82, 2.24) is 5.01 Å². The highest BCUT2D eigenvalue weighted by Gasteiger charge is 2.23. The number of nitrogens with one attached hydrogen (secondary N) is 1. The van der Waals surface area contributed by atoms with Crippen LogP contribution >= 0.6 is 0 Å². The van der Waals surface area contributed by atoms with Crippen molar-refractivity contribution in [3.05, 3.63) is 0 Å². The van der Waals surface area contributed by atoms with Gasteiger partial charge < -0.3 is 4.74 Å². The predicted molar refractivity (Wildman–Crippen MR) is 46.9 cm³/mol. The number of quaternary nitrogens is 1. The van der Waals surface area contributed by atoms with E-state index in [-0.39, 0.29) is 0 Å². The van der Waals surface area contributed by atoms with Gasteiger partial charge in [-0.25, -0.2) is 0 Å². The largest absolute Gasteiger partial charge is 0.370 e. The topological polar surface area (TPSA) is 16.9 Å². The number of hydrogen-bond donors (Lipinski definition) is 1. The molecule has 0 aliphatic carbocycles. The Morgan fingerprint density at radius 2 is 1.58 bits per heavy atom. The molecule has 0 saturated carbocycles. The number of hydrogen-bond acceptors (Lipinski definition) is 2. The first-order valence-electron chi connectivity index (χ1n) is 5.14. The smallest absolute Gasteiger partial charge is 0.119 e. The number of morpholine rings is 1. The maximum Gasteiger partial charge on any atom is 0.119 e. The standard InChI is InChI=1S/C9H18N2O/c1-2-4-10(5-3-1)11-6-8-12-9-7-11/h1-9H2/p+1. The van der Waals surface area contributed by atoms with Gasteiger partial charge in [-0.05, 0) is 12.8 Å². The van der Waals surface area contributed by atoms with Crippen LogP contribution in [0.15, 0.2) is 0 Å². The normalized spacial score (nSPS) is 29.0. The Morgan fingerprint density at radius 1 is 0.917 bits per heavy atom. The number of ether oxygens (including phenoxy) is 1. The molecule has 2 aliphatic heterocycles. The van der Waals surface area contributed by atoms with E-state index in [9.17, 15) is 0 Å². The number of rotatable bonds is 1. The average Bonchev–Trinajstić information content (AvgIpc) is 2.21. The van der Waals surface area contributed by atoms with Crippen LogP contribution in [-0.4, -0.2) is 44.4 Å². The molecule has 3 nitrogen and oxygen atoms in total. The van der Waals surface area contributed by atoms with Gasteiger partial charge in [0.25, 0.3) is 0 Å². The molecule has 2 aliphatic rings. The van der Waals surface area contributed by atoms with E-state index >= 15 is 0 Å². The van der Waals surface area contributed by atoms with E-state index in [0.29, 0.717) is 0 Å². The summed E-state index contributed by atoms with van der Waals surface area (Å²) >= 11 is 0. The summed E-state index contributed by atoms with van der Waals surface area (Å²) in [7, 11) is 0. The highest BCUT2D eigenvalue weighted by atomic mass is 16.5. The molecule has 0 spiro atoms. The van der Waals surface area contributed by atoms with Crippen molar-refractivity contribution < 1.29 is 9.75 Å². The van der Waals surface area contributed by atoms with Gasteiger partial charge in [0.15, 0.2) is 0 Å². The molecule has 0 aromatic carbocycles. The first-order chi connectivity index (χ1) is 5.97. The van der Waals surface area contributed by atoms with E-state index in [4.69, 9.17) is 4.74 Å². The summed E-state index contributed by atoms with van der Waals surface area (Å²) in [5.41, 5.74) is 0. The van der Waals surface area contributed by atoms with Crippen molar-refractivity contribution in [2.45, 2.75) is 19.3 Å². The van der Waals surface area contributed by atoms with Crippen molar-refractivity contribution in [2.75, 3.05) is 39.4 Å². The van der Waals surface area contributed by atoms with Gasteiger partial charge in [-0.1, -0.05) is 6.42 Å². The summed E-state index contributed by atoms with van der Waals surface area (Å²) < 4.78 is 5.34. The van der Waals surface area contributed by atoms with E-state index in [1.807, 2.05) is 0 Å². The third-order valence-electron chi connectivity index (χ3n) is 2.87. The molecule has 2 rings (SSSR count). The second kappa shape index (κ2) is 4.21. The molecule has 2 saturated heterocycles. The highest BCUT2D eigenvalue weighted by molar-refractivity contribution is 4.56. The van der Waals surface area contributed by atoms with Crippen molar-refractivity contribution in [2.24, 2.45) is 0 Å². The average molecular weight is 171 g/mol. The van der Waals surface area contributed by atoms with Gasteiger partial charge in [0.1, 0.15) is 13.1 Å². The lowest BCUT2D eigenvalue weighted by molar-refractivity contribution is -1.02. The van der Waals surface area contributed by atoms with Crippen LogP contribution in [0.5, 0.6) is 0 Å². The first-order valence-corrected chi connectivity index (χ1v) is 5.14. The van der Waals surface area contributed by atoms with Crippen LogP contribution in [0.3, 0.4) is 0 Å². The van der Waals surface area contributed by atoms with Crippen LogP contribution in [0.1, 0.15) is 19.3 Å². The van der Waals surface area contributed by atoms with Gasteiger partial charge in [0.2, 0.25) is 0 Å². The second-order valence-corrected chi connectivity index (χ2v) is 3.73. The van der Waals surface area contributed by atoms with Gasteiger partial charge in [-0.2, -0.15) is 5.01 Å². The zero-order valence-electron chi connectivity index (χ0n) is 7.72. The van der Waals surface area contributed by atoms with Gasteiger partial charge in [0.05, 0.1) is 13.2 Å². The molecule has 0 amide bonds. The van der Waals surface area contributed by atoms with Crippen LogP contribution in [0.4, 0.5) is 0 Å². The van der Waals surface area contributed by atoms with E-state index in [0.717, 1.165) is 13.2 Å². The molecular formula is C9H19N2O+. The molecule has 0 atom stereocenters. The molecule has 0 aromatic rings. The summed E-state index contributed by atoms with van der Waals surface area (Å²) in [5, 5.41) is 4.24. The Labute approximate surface area is 74.3 Å². The maximum absolute atomic E-state index is 5.34. The molecule has 0 unspecified atom stereocenters. The van der Waals surface area contributed by atoms with Crippen LogP contribution in [0.25, 0.3) is 0 Å². The molecule has 3 heteroatoms. The lowest BCUT2D eigenvalue weighted by Crippen LogP contribution is -3.20. The van der Waals surface area contributed by atoms with Crippen LogP contribution < -0.4 is 5.01 Å². The van der Waals surface area contributed by atoms with E-state index in [1.54, 1.807) is 5.01 Å². The SMILES string of the molecule is C1CCN([NH+]2CCOCC2)CC1. The monoisotopic (exact) mass is 171 g/mol. The summed E-state index contributed by atoms with van der Waals surface area (Å²) in [6.45, 7) is 6.86. The fraction of sp³-hybridized carbons (Fsp3) is 1.00. The van der Waals surface area contributed by atoms with Crippen LogP contribution in [0.2, 0.25) is 0 Å². The molecule has 0 radical (unpaired) electrons. The summed E-state index contributed by atoms with van der Waals surface area (Å²) in [5.74, 6) is 0. The third kappa shape index (κ3) is 1.97.